The fourth-order valence-electron chi connectivity index (χ4n) is 2.86. The van der Waals surface area contributed by atoms with Crippen molar-refractivity contribution in [1.29, 1.82) is 0 Å². The molecule has 5 nitrogen and oxygen atoms in total. The average molecular weight is 368 g/mol. The van der Waals surface area contributed by atoms with Crippen molar-refractivity contribution in [2.24, 2.45) is 0 Å². The molecule has 0 aliphatic carbocycles. The van der Waals surface area contributed by atoms with Crippen LogP contribution in [0.3, 0.4) is 0 Å². The second kappa shape index (κ2) is 7.17. The van der Waals surface area contributed by atoms with E-state index in [2.05, 4.69) is 0 Å². The molecule has 0 bridgehead atoms. The molecular weight excluding hydrogens is 348 g/mol. The molecule has 0 aromatic heterocycles. The molecule has 0 unspecified atom stereocenters. The Kier molecular flexibility index (Phi) is 4.95. The standard InChI is InChI=1S/C20H20N2O3S/c1-13-10-17(24-3)18(25-4)12-14(13)11-16-19(23)22(20(26)21(16)2)15-8-6-5-7-9-15/h5-12H,1-4H3/b16-11-. The first-order valence-corrected chi connectivity index (χ1v) is 8.50. The fourth-order valence-corrected chi connectivity index (χ4v) is 3.15. The van der Waals surface area contributed by atoms with Gasteiger partial charge in [-0.15, -0.1) is 0 Å². The first-order valence-electron chi connectivity index (χ1n) is 8.09. The zero-order valence-corrected chi connectivity index (χ0v) is 16.0. The number of aryl methyl sites for hydroxylation is 1. The van der Waals surface area contributed by atoms with Gasteiger partial charge in [-0.05, 0) is 60.6 Å². The van der Waals surface area contributed by atoms with Gasteiger partial charge in [0, 0.05) is 7.05 Å². The zero-order chi connectivity index (χ0) is 18.8. The van der Waals surface area contributed by atoms with E-state index >= 15 is 0 Å². The van der Waals surface area contributed by atoms with Gasteiger partial charge in [0.1, 0.15) is 5.70 Å². The van der Waals surface area contributed by atoms with E-state index in [9.17, 15) is 4.79 Å². The summed E-state index contributed by atoms with van der Waals surface area (Å²) in [4.78, 5) is 16.3. The van der Waals surface area contributed by atoms with Gasteiger partial charge in [0.15, 0.2) is 16.6 Å². The van der Waals surface area contributed by atoms with Crippen molar-refractivity contribution >= 4 is 35.0 Å². The van der Waals surface area contributed by atoms with Crippen molar-refractivity contribution in [3.63, 3.8) is 0 Å². The highest BCUT2D eigenvalue weighted by Gasteiger charge is 2.36. The summed E-state index contributed by atoms with van der Waals surface area (Å²) in [5.74, 6) is 1.11. The molecule has 1 saturated heterocycles. The van der Waals surface area contributed by atoms with Crippen LogP contribution in [0.4, 0.5) is 5.69 Å². The van der Waals surface area contributed by atoms with Crippen LogP contribution in [0, 0.1) is 6.92 Å². The number of rotatable bonds is 4. The smallest absolute Gasteiger partial charge is 0.281 e. The van der Waals surface area contributed by atoms with E-state index in [4.69, 9.17) is 21.7 Å². The molecule has 3 rings (SSSR count). The number of para-hydroxylation sites is 1. The predicted octanol–water partition coefficient (Wildman–Crippen LogP) is 3.62. The van der Waals surface area contributed by atoms with Gasteiger partial charge in [0.25, 0.3) is 5.91 Å². The maximum absolute atomic E-state index is 13.0. The van der Waals surface area contributed by atoms with Crippen LogP contribution >= 0.6 is 12.2 Å². The Morgan fingerprint density at radius 1 is 1.04 bits per heavy atom. The predicted molar refractivity (Wildman–Crippen MR) is 107 cm³/mol. The molecule has 2 aromatic rings. The van der Waals surface area contributed by atoms with E-state index in [1.165, 1.54) is 4.90 Å². The van der Waals surface area contributed by atoms with Crippen LogP contribution in [0.1, 0.15) is 11.1 Å². The molecular formula is C20H20N2O3S. The van der Waals surface area contributed by atoms with Gasteiger partial charge in [0.2, 0.25) is 0 Å². The van der Waals surface area contributed by atoms with Crippen LogP contribution in [0.25, 0.3) is 6.08 Å². The lowest BCUT2D eigenvalue weighted by Gasteiger charge is -2.16. The van der Waals surface area contributed by atoms with Crippen molar-refractivity contribution < 1.29 is 14.3 Å². The Morgan fingerprint density at radius 3 is 2.27 bits per heavy atom. The summed E-state index contributed by atoms with van der Waals surface area (Å²) in [7, 11) is 4.98. The van der Waals surface area contributed by atoms with Crippen LogP contribution in [0.5, 0.6) is 11.5 Å². The van der Waals surface area contributed by atoms with Crippen molar-refractivity contribution in [2.45, 2.75) is 6.92 Å². The fraction of sp³-hybridized carbons (Fsp3) is 0.200. The van der Waals surface area contributed by atoms with Gasteiger partial charge in [-0.2, -0.15) is 0 Å². The quantitative estimate of drug-likeness (QED) is 0.609. The van der Waals surface area contributed by atoms with Crippen LogP contribution in [0.15, 0.2) is 48.2 Å². The number of carbonyl (C=O) groups is 1. The number of nitrogens with zero attached hydrogens (tertiary/aromatic N) is 2. The van der Waals surface area contributed by atoms with E-state index in [0.29, 0.717) is 22.3 Å². The van der Waals surface area contributed by atoms with Crippen LogP contribution in [-0.2, 0) is 4.79 Å². The third kappa shape index (κ3) is 3.04. The number of anilines is 1. The molecule has 1 heterocycles. The molecule has 6 heteroatoms. The minimum Gasteiger partial charge on any atom is -0.493 e. The van der Waals surface area contributed by atoms with Crippen molar-refractivity contribution in [2.75, 3.05) is 26.2 Å². The van der Waals surface area contributed by atoms with Crippen LogP contribution in [-0.4, -0.2) is 37.2 Å². The van der Waals surface area contributed by atoms with Crippen molar-refractivity contribution in [3.05, 3.63) is 59.3 Å². The SMILES string of the molecule is COc1cc(C)c(/C=C2/C(=O)N(c3ccccc3)C(=S)N2C)cc1OC. The highest BCUT2D eigenvalue weighted by molar-refractivity contribution is 7.80. The normalized spacial score (nSPS) is 15.8. The summed E-state index contributed by atoms with van der Waals surface area (Å²) in [5.41, 5.74) is 3.10. The molecule has 1 fully saturated rings. The Balaban J connectivity index is 2.04. The number of likely N-dealkylation sites (N-methyl/N-ethyl adjacent to an activating group) is 1. The minimum absolute atomic E-state index is 0.155. The van der Waals surface area contributed by atoms with Gasteiger partial charge < -0.3 is 14.4 Å². The maximum Gasteiger partial charge on any atom is 0.281 e. The first kappa shape index (κ1) is 17.9. The average Bonchev–Trinajstić information content (AvgIpc) is 2.86. The molecule has 0 spiro atoms. The van der Waals surface area contributed by atoms with Crippen LogP contribution < -0.4 is 14.4 Å². The largest absolute Gasteiger partial charge is 0.493 e. The lowest BCUT2D eigenvalue weighted by Crippen LogP contribution is -2.30. The Labute approximate surface area is 158 Å². The number of amides is 1. The summed E-state index contributed by atoms with van der Waals surface area (Å²) < 4.78 is 10.7. The number of benzene rings is 2. The molecule has 1 amide bonds. The molecule has 1 aliphatic rings. The summed E-state index contributed by atoms with van der Waals surface area (Å²) in [6.07, 6.45) is 1.83. The third-order valence-corrected chi connectivity index (χ3v) is 4.80. The minimum atomic E-state index is -0.155. The first-order chi connectivity index (χ1) is 12.5. The Morgan fingerprint density at radius 2 is 1.65 bits per heavy atom. The van der Waals surface area contributed by atoms with Gasteiger partial charge in [-0.1, -0.05) is 18.2 Å². The molecule has 0 N–H and O–H groups in total. The topological polar surface area (TPSA) is 42.0 Å². The lowest BCUT2D eigenvalue weighted by atomic mass is 10.1. The van der Waals surface area contributed by atoms with E-state index < -0.39 is 0 Å². The number of methoxy groups -OCH3 is 2. The van der Waals surface area contributed by atoms with Crippen molar-refractivity contribution in [1.82, 2.24) is 4.90 Å². The number of hydrogen-bond donors (Lipinski definition) is 0. The van der Waals surface area contributed by atoms with E-state index in [-0.39, 0.29) is 5.91 Å². The van der Waals surface area contributed by atoms with Crippen LogP contribution in [0.2, 0.25) is 0 Å². The second-order valence-electron chi connectivity index (χ2n) is 5.91. The number of ether oxygens (including phenoxy) is 2. The molecule has 0 atom stereocenters. The highest BCUT2D eigenvalue weighted by Crippen LogP contribution is 2.33. The molecule has 1 aliphatic heterocycles. The van der Waals surface area contributed by atoms with Gasteiger partial charge >= 0.3 is 0 Å². The lowest BCUT2D eigenvalue weighted by molar-refractivity contribution is -0.114. The van der Waals surface area contributed by atoms with Crippen molar-refractivity contribution in [3.8, 4) is 11.5 Å². The van der Waals surface area contributed by atoms with Gasteiger partial charge in [-0.25, -0.2) is 0 Å². The Bertz CT molecular complexity index is 893. The summed E-state index contributed by atoms with van der Waals surface area (Å²) in [6.45, 7) is 1.96. The van der Waals surface area contributed by atoms with Gasteiger partial charge in [-0.3, -0.25) is 9.69 Å². The Hall–Kier alpha value is -2.86. The summed E-state index contributed by atoms with van der Waals surface area (Å²) in [6, 6.07) is 13.1. The monoisotopic (exact) mass is 368 g/mol. The van der Waals surface area contributed by atoms with Gasteiger partial charge in [0.05, 0.1) is 19.9 Å². The highest BCUT2D eigenvalue weighted by atomic mass is 32.1. The number of thiocarbonyl (C=S) groups is 1. The maximum atomic E-state index is 13.0. The van der Waals surface area contributed by atoms with E-state index in [0.717, 1.165) is 16.8 Å². The molecule has 2 aromatic carbocycles. The van der Waals surface area contributed by atoms with E-state index in [1.807, 2.05) is 55.5 Å². The zero-order valence-electron chi connectivity index (χ0n) is 15.1. The molecule has 134 valence electrons. The van der Waals surface area contributed by atoms with E-state index in [1.54, 1.807) is 26.2 Å². The summed E-state index contributed by atoms with van der Waals surface area (Å²) in [5, 5.41) is 0.450. The second-order valence-corrected chi connectivity index (χ2v) is 6.28. The summed E-state index contributed by atoms with van der Waals surface area (Å²) >= 11 is 5.48. The molecule has 26 heavy (non-hydrogen) atoms. The number of hydrogen-bond acceptors (Lipinski definition) is 4. The molecule has 0 radical (unpaired) electrons. The molecule has 0 saturated carbocycles. The third-order valence-electron chi connectivity index (χ3n) is 4.34. The number of carbonyl (C=O) groups excluding carboxylic acids is 1.